The largest absolute Gasteiger partial charge is 0.327 e. The van der Waals surface area contributed by atoms with Crippen molar-refractivity contribution in [2.45, 2.75) is 32.2 Å². The molecule has 1 aromatic carbocycles. The van der Waals surface area contributed by atoms with Crippen LogP contribution in [0.25, 0.3) is 0 Å². The molecule has 0 aromatic heterocycles. The molecule has 0 saturated heterocycles. The third-order valence-corrected chi connectivity index (χ3v) is 2.80. The Morgan fingerprint density at radius 1 is 1.19 bits per heavy atom. The van der Waals surface area contributed by atoms with Crippen LogP contribution in [0.1, 0.15) is 24.0 Å². The van der Waals surface area contributed by atoms with Gasteiger partial charge in [-0.15, -0.1) is 0 Å². The van der Waals surface area contributed by atoms with Crippen molar-refractivity contribution in [1.82, 2.24) is 4.90 Å². The van der Waals surface area contributed by atoms with Gasteiger partial charge in [-0.3, -0.25) is 0 Å². The van der Waals surface area contributed by atoms with Crippen LogP contribution in [0.2, 0.25) is 0 Å². The van der Waals surface area contributed by atoms with Gasteiger partial charge in [-0.2, -0.15) is 0 Å². The van der Waals surface area contributed by atoms with Crippen LogP contribution in [-0.2, 0) is 6.42 Å². The number of rotatable bonds is 6. The Kier molecular flexibility index (Phi) is 5.50. The van der Waals surface area contributed by atoms with Crippen LogP contribution in [0.3, 0.4) is 0 Å². The number of nitrogens with two attached hydrogens (primary N) is 1. The van der Waals surface area contributed by atoms with Crippen LogP contribution in [0.15, 0.2) is 24.3 Å². The van der Waals surface area contributed by atoms with E-state index < -0.39 is 0 Å². The van der Waals surface area contributed by atoms with E-state index in [1.54, 1.807) is 0 Å². The Morgan fingerprint density at radius 3 is 2.38 bits per heavy atom. The molecule has 0 aliphatic carbocycles. The Balaban J connectivity index is 2.28. The lowest BCUT2D eigenvalue weighted by Crippen LogP contribution is -2.24. The zero-order valence-electron chi connectivity index (χ0n) is 10.7. The second kappa shape index (κ2) is 6.66. The summed E-state index contributed by atoms with van der Waals surface area (Å²) < 4.78 is 0. The van der Waals surface area contributed by atoms with E-state index in [2.05, 4.69) is 50.2 Å². The smallest absolute Gasteiger partial charge is 0.00797 e. The highest BCUT2D eigenvalue weighted by molar-refractivity contribution is 5.21. The number of hydrogen-bond donors (Lipinski definition) is 1. The zero-order chi connectivity index (χ0) is 12.0. The third-order valence-electron chi connectivity index (χ3n) is 2.80. The predicted octanol–water partition coefficient (Wildman–Crippen LogP) is 2.21. The van der Waals surface area contributed by atoms with E-state index in [1.807, 2.05) is 0 Å². The maximum Gasteiger partial charge on any atom is 0.00797 e. The molecule has 90 valence electrons. The quantitative estimate of drug-likeness (QED) is 0.796. The first-order valence-corrected chi connectivity index (χ1v) is 6.04. The monoisotopic (exact) mass is 220 g/mol. The first-order valence-electron chi connectivity index (χ1n) is 6.04. The fourth-order valence-corrected chi connectivity index (χ4v) is 1.80. The first kappa shape index (κ1) is 13.2. The van der Waals surface area contributed by atoms with Gasteiger partial charge in [0.25, 0.3) is 0 Å². The molecule has 2 heteroatoms. The minimum absolute atomic E-state index is 0.294. The molecular weight excluding hydrogens is 196 g/mol. The van der Waals surface area contributed by atoms with Crippen molar-refractivity contribution in [3.8, 4) is 0 Å². The molecule has 0 spiro atoms. The molecule has 1 atom stereocenters. The number of hydrogen-bond acceptors (Lipinski definition) is 2. The minimum atomic E-state index is 0.294. The summed E-state index contributed by atoms with van der Waals surface area (Å²) in [7, 11) is 4.21. The maximum atomic E-state index is 6.11. The summed E-state index contributed by atoms with van der Waals surface area (Å²) >= 11 is 0. The Hall–Kier alpha value is -0.860. The number of nitrogens with zero attached hydrogens (tertiary/aromatic N) is 1. The van der Waals surface area contributed by atoms with E-state index in [9.17, 15) is 0 Å². The number of benzene rings is 1. The average Bonchev–Trinajstić information content (AvgIpc) is 2.21. The van der Waals surface area contributed by atoms with Crippen LogP contribution >= 0.6 is 0 Å². The maximum absolute atomic E-state index is 6.11. The highest BCUT2D eigenvalue weighted by Crippen LogP contribution is 2.08. The van der Waals surface area contributed by atoms with Crippen molar-refractivity contribution in [3.63, 3.8) is 0 Å². The van der Waals surface area contributed by atoms with Crippen LogP contribution in [0, 0.1) is 6.92 Å². The van der Waals surface area contributed by atoms with E-state index in [0.29, 0.717) is 6.04 Å². The van der Waals surface area contributed by atoms with Crippen molar-refractivity contribution in [3.05, 3.63) is 35.4 Å². The van der Waals surface area contributed by atoms with Crippen molar-refractivity contribution in [2.75, 3.05) is 20.6 Å². The molecule has 1 rings (SSSR count). The predicted molar refractivity (Wildman–Crippen MR) is 70.6 cm³/mol. The second-order valence-electron chi connectivity index (χ2n) is 4.90. The lowest BCUT2D eigenvalue weighted by molar-refractivity contribution is 0.384. The Labute approximate surface area is 99.5 Å². The summed E-state index contributed by atoms with van der Waals surface area (Å²) in [4.78, 5) is 2.21. The lowest BCUT2D eigenvalue weighted by Gasteiger charge is -2.14. The van der Waals surface area contributed by atoms with Crippen LogP contribution in [0.4, 0.5) is 0 Å². The standard InChI is InChI=1S/C14H24N2/c1-12-6-8-13(9-7-12)11-14(15)5-4-10-16(2)3/h6-9,14H,4-5,10-11,15H2,1-3H3. The lowest BCUT2D eigenvalue weighted by atomic mass is 10.0. The van der Waals surface area contributed by atoms with Crippen LogP contribution in [0.5, 0.6) is 0 Å². The summed E-state index contributed by atoms with van der Waals surface area (Å²) in [6.07, 6.45) is 3.28. The van der Waals surface area contributed by atoms with Crippen molar-refractivity contribution >= 4 is 0 Å². The molecule has 1 aromatic rings. The summed E-state index contributed by atoms with van der Waals surface area (Å²) in [5, 5.41) is 0. The summed E-state index contributed by atoms with van der Waals surface area (Å²) in [6.45, 7) is 3.24. The molecule has 0 bridgehead atoms. The first-order chi connectivity index (χ1) is 7.58. The Bertz CT molecular complexity index is 290. The van der Waals surface area contributed by atoms with E-state index in [-0.39, 0.29) is 0 Å². The third kappa shape index (κ3) is 5.29. The van der Waals surface area contributed by atoms with E-state index in [1.165, 1.54) is 17.5 Å². The van der Waals surface area contributed by atoms with Crippen LogP contribution in [-0.4, -0.2) is 31.6 Å². The molecule has 2 N–H and O–H groups in total. The molecule has 0 aliphatic heterocycles. The average molecular weight is 220 g/mol. The zero-order valence-corrected chi connectivity index (χ0v) is 10.7. The molecule has 0 amide bonds. The molecule has 0 saturated carbocycles. The summed E-state index contributed by atoms with van der Waals surface area (Å²) in [5.74, 6) is 0. The summed E-state index contributed by atoms with van der Waals surface area (Å²) in [5.41, 5.74) is 8.77. The highest BCUT2D eigenvalue weighted by atomic mass is 15.0. The van der Waals surface area contributed by atoms with Crippen LogP contribution < -0.4 is 5.73 Å². The van der Waals surface area contributed by atoms with Gasteiger partial charge < -0.3 is 10.6 Å². The van der Waals surface area contributed by atoms with Gasteiger partial charge in [0, 0.05) is 6.04 Å². The summed E-state index contributed by atoms with van der Waals surface area (Å²) in [6, 6.07) is 8.97. The van der Waals surface area contributed by atoms with Gasteiger partial charge in [-0.25, -0.2) is 0 Å². The molecule has 1 unspecified atom stereocenters. The van der Waals surface area contributed by atoms with Crippen molar-refractivity contribution in [2.24, 2.45) is 5.73 Å². The van der Waals surface area contributed by atoms with E-state index >= 15 is 0 Å². The fraction of sp³-hybridized carbons (Fsp3) is 0.571. The normalized spacial score (nSPS) is 13.1. The van der Waals surface area contributed by atoms with E-state index in [4.69, 9.17) is 5.73 Å². The van der Waals surface area contributed by atoms with Gasteiger partial charge in [0.1, 0.15) is 0 Å². The SMILES string of the molecule is Cc1ccc(CC(N)CCCN(C)C)cc1. The van der Waals surface area contributed by atoms with Gasteiger partial charge in [-0.05, 0) is 52.4 Å². The van der Waals surface area contributed by atoms with Gasteiger partial charge in [0.15, 0.2) is 0 Å². The van der Waals surface area contributed by atoms with Gasteiger partial charge in [0.2, 0.25) is 0 Å². The fourth-order valence-electron chi connectivity index (χ4n) is 1.80. The molecule has 0 radical (unpaired) electrons. The minimum Gasteiger partial charge on any atom is -0.327 e. The van der Waals surface area contributed by atoms with Gasteiger partial charge in [-0.1, -0.05) is 29.8 Å². The molecule has 0 aliphatic rings. The number of aryl methyl sites for hydroxylation is 1. The van der Waals surface area contributed by atoms with Crippen molar-refractivity contribution in [1.29, 1.82) is 0 Å². The molecular formula is C14H24N2. The second-order valence-corrected chi connectivity index (χ2v) is 4.90. The van der Waals surface area contributed by atoms with Gasteiger partial charge >= 0.3 is 0 Å². The topological polar surface area (TPSA) is 29.3 Å². The highest BCUT2D eigenvalue weighted by Gasteiger charge is 2.04. The van der Waals surface area contributed by atoms with Crippen molar-refractivity contribution < 1.29 is 0 Å². The molecule has 0 heterocycles. The van der Waals surface area contributed by atoms with Gasteiger partial charge in [0.05, 0.1) is 0 Å². The molecule has 16 heavy (non-hydrogen) atoms. The molecule has 2 nitrogen and oxygen atoms in total. The molecule has 0 fully saturated rings. The van der Waals surface area contributed by atoms with E-state index in [0.717, 1.165) is 19.4 Å². The Morgan fingerprint density at radius 2 is 1.81 bits per heavy atom.